The normalized spacial score (nSPS) is 33.7. The minimum Gasteiger partial charge on any atom is -0.377 e. The molecule has 0 amide bonds. The van der Waals surface area contributed by atoms with Gasteiger partial charge >= 0.3 is 0 Å². The van der Waals surface area contributed by atoms with E-state index in [4.69, 9.17) is 9.47 Å². The molecule has 6 rings (SSSR count). The Labute approximate surface area is 367 Å². The van der Waals surface area contributed by atoms with Crippen molar-refractivity contribution < 1.29 is 32.9 Å². The number of nitrogens with one attached hydrogen (secondary N) is 5. The summed E-state index contributed by atoms with van der Waals surface area (Å²) in [5.41, 5.74) is 2.39. The Morgan fingerprint density at radius 2 is 1.88 bits per heavy atom. The molecule has 0 aromatic rings. The Morgan fingerprint density at radius 1 is 1.08 bits per heavy atom. The predicted molar refractivity (Wildman–Crippen MR) is 239 cm³/mol. The van der Waals surface area contributed by atoms with Crippen LogP contribution in [0.4, 0.5) is 13.2 Å². The quantitative estimate of drug-likeness (QED) is 0.0257. The van der Waals surface area contributed by atoms with Gasteiger partial charge in [0.25, 0.3) is 6.43 Å². The number of aliphatic hydroxyl groups excluding tert-OH is 2. The van der Waals surface area contributed by atoms with Crippen LogP contribution in [0.25, 0.3) is 0 Å². The molecular weight excluding hydrogens is 810 g/mol. The zero-order chi connectivity index (χ0) is 43.1. The van der Waals surface area contributed by atoms with Crippen molar-refractivity contribution in [1.82, 2.24) is 31.5 Å². The molecule has 60 heavy (non-hydrogen) atoms. The molecule has 15 atom stereocenters. The summed E-state index contributed by atoms with van der Waals surface area (Å²) in [6.07, 6.45) is 10.9. The zero-order valence-corrected chi connectivity index (χ0v) is 38.4. The SMILES string of the molecule is CCCNCC(CCCS)C1=CC2OC(C3=CCC(C(F)F)S3)N3C(C[C@@H]4CC([C@@H]5CNC(C(C)[C@@H](C)CCCN[C@H](O)[C@@H](NC(O)OC)C(C)C)N5)=CC[C@@H]43)[C@H]2C(F)=C1. The number of aliphatic hydroxyl groups is 2. The lowest BCUT2D eigenvalue weighted by Gasteiger charge is -2.49. The first kappa shape index (κ1) is 48.5. The molecule has 4 heterocycles. The number of hydrogen-bond donors (Lipinski definition) is 8. The molecule has 0 radical (unpaired) electrons. The van der Waals surface area contributed by atoms with E-state index in [-0.39, 0.29) is 48.0 Å². The number of thiol groups is 1. The molecular formula is C45H75F3N6O4S2. The van der Waals surface area contributed by atoms with Crippen LogP contribution in [0.2, 0.25) is 0 Å². The van der Waals surface area contributed by atoms with Crippen LogP contribution in [0.1, 0.15) is 92.4 Å². The van der Waals surface area contributed by atoms with Crippen molar-refractivity contribution in [2.75, 3.05) is 39.0 Å². The molecule has 3 fully saturated rings. The summed E-state index contributed by atoms with van der Waals surface area (Å²) in [6.45, 7) is 13.9. The summed E-state index contributed by atoms with van der Waals surface area (Å²) >= 11 is 5.72. The van der Waals surface area contributed by atoms with E-state index in [1.54, 1.807) is 6.08 Å². The van der Waals surface area contributed by atoms with Gasteiger partial charge in [-0.2, -0.15) is 12.6 Å². The number of nitrogens with zero attached hydrogens (tertiary/aromatic N) is 1. The summed E-state index contributed by atoms with van der Waals surface area (Å²) in [5, 5.41) is 37.2. The van der Waals surface area contributed by atoms with Crippen LogP contribution in [0.15, 0.2) is 46.2 Å². The third kappa shape index (κ3) is 11.6. The van der Waals surface area contributed by atoms with E-state index in [9.17, 15) is 19.0 Å². The molecule has 4 aliphatic heterocycles. The van der Waals surface area contributed by atoms with Crippen LogP contribution in [0.3, 0.4) is 0 Å². The van der Waals surface area contributed by atoms with E-state index in [2.05, 4.69) is 77.0 Å². The average Bonchev–Trinajstić information content (AvgIpc) is 4.01. The molecule has 8 unspecified atom stereocenters. The van der Waals surface area contributed by atoms with Crippen LogP contribution in [-0.2, 0) is 9.47 Å². The number of allylic oxidation sites excluding steroid dienone is 2. The predicted octanol–water partition coefficient (Wildman–Crippen LogP) is 6.26. The highest BCUT2D eigenvalue weighted by molar-refractivity contribution is 8.04. The Balaban J connectivity index is 1.08. The summed E-state index contributed by atoms with van der Waals surface area (Å²) in [4.78, 5) is 3.25. The van der Waals surface area contributed by atoms with Crippen molar-refractivity contribution in [2.24, 2.45) is 35.5 Å². The first-order chi connectivity index (χ1) is 28.8. The van der Waals surface area contributed by atoms with Gasteiger partial charge in [-0.15, -0.1) is 11.8 Å². The smallest absolute Gasteiger partial charge is 0.250 e. The molecule has 0 saturated carbocycles. The van der Waals surface area contributed by atoms with Gasteiger partial charge < -0.3 is 25.0 Å². The summed E-state index contributed by atoms with van der Waals surface area (Å²) < 4.78 is 56.5. The molecule has 0 aromatic carbocycles. The van der Waals surface area contributed by atoms with Gasteiger partial charge in [-0.1, -0.05) is 58.4 Å². The van der Waals surface area contributed by atoms with Crippen molar-refractivity contribution in [3.8, 4) is 0 Å². The zero-order valence-electron chi connectivity index (χ0n) is 36.7. The van der Waals surface area contributed by atoms with Crippen LogP contribution >= 0.6 is 24.4 Å². The van der Waals surface area contributed by atoms with Crippen molar-refractivity contribution in [3.05, 3.63) is 46.2 Å². The Kier molecular flexibility index (Phi) is 18.4. The molecule has 6 aliphatic rings. The number of halogens is 3. The Morgan fingerprint density at radius 3 is 2.58 bits per heavy atom. The summed E-state index contributed by atoms with van der Waals surface area (Å²) in [5.74, 6) is 1.63. The molecule has 10 nitrogen and oxygen atoms in total. The minimum absolute atomic E-state index is 0.0740. The maximum atomic E-state index is 16.7. The first-order valence-electron chi connectivity index (χ1n) is 22.9. The molecule has 0 aromatic heterocycles. The average molecular weight is 885 g/mol. The summed E-state index contributed by atoms with van der Waals surface area (Å²) in [7, 11) is 1.41. The Hall–Kier alpha value is -0.950. The van der Waals surface area contributed by atoms with Crippen LogP contribution in [0, 0.1) is 35.5 Å². The highest BCUT2D eigenvalue weighted by Crippen LogP contribution is 2.54. The second-order valence-electron chi connectivity index (χ2n) is 18.6. The maximum Gasteiger partial charge on any atom is 0.250 e. The summed E-state index contributed by atoms with van der Waals surface area (Å²) in [6, 6.07) is -0.0556. The fourth-order valence-corrected chi connectivity index (χ4v) is 11.9. The Bertz CT molecular complexity index is 1510. The molecule has 15 heteroatoms. The van der Waals surface area contributed by atoms with Crippen LogP contribution in [-0.4, -0.2) is 121 Å². The molecule has 3 saturated heterocycles. The van der Waals surface area contributed by atoms with Crippen LogP contribution in [0.5, 0.6) is 0 Å². The van der Waals surface area contributed by atoms with Crippen molar-refractivity contribution in [2.45, 2.75) is 159 Å². The van der Waals surface area contributed by atoms with E-state index in [0.717, 1.165) is 87.2 Å². The van der Waals surface area contributed by atoms with E-state index in [1.807, 2.05) is 19.9 Å². The topological polar surface area (TPSA) is 122 Å². The van der Waals surface area contributed by atoms with E-state index < -0.39 is 42.6 Å². The number of methoxy groups -OCH3 is 1. The van der Waals surface area contributed by atoms with Crippen molar-refractivity contribution >= 4 is 24.4 Å². The number of rotatable bonds is 23. The van der Waals surface area contributed by atoms with Gasteiger partial charge in [-0.25, -0.2) is 13.2 Å². The van der Waals surface area contributed by atoms with Crippen LogP contribution < -0.4 is 26.6 Å². The van der Waals surface area contributed by atoms with Gasteiger partial charge in [0.15, 0.2) is 0 Å². The largest absolute Gasteiger partial charge is 0.377 e. The number of ether oxygens (including phenoxy) is 2. The van der Waals surface area contributed by atoms with Crippen molar-refractivity contribution in [3.63, 3.8) is 0 Å². The lowest BCUT2D eigenvalue weighted by atomic mass is 9.78. The molecule has 0 spiro atoms. The third-order valence-electron chi connectivity index (χ3n) is 14.2. The monoisotopic (exact) mass is 885 g/mol. The second kappa shape index (κ2) is 22.8. The van der Waals surface area contributed by atoms with Gasteiger partial charge in [-0.05, 0) is 118 Å². The highest BCUT2D eigenvalue weighted by atomic mass is 32.2. The fourth-order valence-electron chi connectivity index (χ4n) is 10.6. The standard InChI is InChI=1S/C45H75F3N6O4S2/c1-7-16-49-23-29(11-9-18-59)30-20-32(46)39-35-21-31-19-28(12-13-34(31)54(35)44(58-36(39)22-30)38-15-14-37(60-38)41(47)48)33-24-51-42(52-33)27(5)26(4)10-8-17-50-43(55)40(25(2)3)53-45(56)57-6/h12,15,20,22,25-27,29,31,33-37,39-45,49-53,55-56,59H,7-11,13-14,16-19,21,23-24H2,1-6H3/t26-,27?,29?,31-,33-,34-,35?,36?,37?,39+,40-,42?,43+,44?,45?/m0/s1. The molecule has 342 valence electrons. The number of hydrogen-bond acceptors (Lipinski definition) is 12. The van der Waals surface area contributed by atoms with Gasteiger partial charge in [0, 0.05) is 43.2 Å². The van der Waals surface area contributed by atoms with Gasteiger partial charge in [-0.3, -0.25) is 26.2 Å². The molecule has 0 bridgehead atoms. The lowest BCUT2D eigenvalue weighted by Crippen LogP contribution is -2.58. The minimum atomic E-state index is -2.41. The first-order valence-corrected chi connectivity index (χ1v) is 24.4. The number of alkyl halides is 2. The number of thioether (sulfide) groups is 1. The third-order valence-corrected chi connectivity index (χ3v) is 15.9. The molecule has 2 aliphatic carbocycles. The molecule has 7 N–H and O–H groups in total. The van der Waals surface area contributed by atoms with Gasteiger partial charge in [0.1, 0.15) is 18.3 Å². The fraction of sp³-hybridized carbons (Fsp3) is 0.822. The number of fused-ring (bicyclic) bond motifs is 5. The highest BCUT2D eigenvalue weighted by Gasteiger charge is 2.57. The lowest BCUT2D eigenvalue weighted by molar-refractivity contribution is -0.153. The van der Waals surface area contributed by atoms with E-state index >= 15 is 4.39 Å². The van der Waals surface area contributed by atoms with E-state index in [0.29, 0.717) is 30.7 Å². The van der Waals surface area contributed by atoms with E-state index in [1.165, 1.54) is 24.4 Å². The van der Waals surface area contributed by atoms with Crippen molar-refractivity contribution in [1.29, 1.82) is 0 Å². The van der Waals surface area contributed by atoms with Gasteiger partial charge in [0.05, 0.1) is 29.5 Å². The second-order valence-corrected chi connectivity index (χ2v) is 20.3. The maximum absolute atomic E-state index is 16.7. The van der Waals surface area contributed by atoms with Gasteiger partial charge in [0.2, 0.25) is 6.41 Å².